The van der Waals surface area contributed by atoms with Crippen LogP contribution in [0.15, 0.2) is 42.5 Å². The molecule has 2 aromatic carbocycles. The number of hydrogen-bond acceptors (Lipinski definition) is 2. The van der Waals surface area contributed by atoms with E-state index in [4.69, 9.17) is 4.74 Å². The number of rotatable bonds is 11. The van der Waals surface area contributed by atoms with E-state index in [0.29, 0.717) is 11.5 Å². The molecule has 0 unspecified atom stereocenters. The molecule has 1 saturated carbocycles. The van der Waals surface area contributed by atoms with Crippen LogP contribution >= 0.6 is 0 Å². The third kappa shape index (κ3) is 9.61. The van der Waals surface area contributed by atoms with Gasteiger partial charge < -0.3 is 4.74 Å². The molecule has 5 heteroatoms. The number of ether oxygens (including phenoxy) is 1. The van der Waals surface area contributed by atoms with E-state index in [1.165, 1.54) is 11.6 Å². The van der Waals surface area contributed by atoms with Crippen molar-refractivity contribution in [1.29, 1.82) is 0 Å². The Morgan fingerprint density at radius 2 is 1.57 bits per heavy atom. The van der Waals surface area contributed by atoms with Gasteiger partial charge in [0, 0.05) is 6.54 Å². The maximum Gasteiger partial charge on any atom is 0.416 e. The second-order valence-electron chi connectivity index (χ2n) is 9.74. The van der Waals surface area contributed by atoms with Gasteiger partial charge >= 0.3 is 6.18 Å². The van der Waals surface area contributed by atoms with Crippen molar-refractivity contribution >= 4 is 0 Å². The fourth-order valence-electron chi connectivity index (χ4n) is 4.50. The number of alkyl halides is 3. The van der Waals surface area contributed by atoms with E-state index >= 15 is 0 Å². The zero-order valence-electron chi connectivity index (χ0n) is 22.3. The minimum Gasteiger partial charge on any atom is -0.374 e. The van der Waals surface area contributed by atoms with Crippen LogP contribution in [-0.4, -0.2) is 24.1 Å². The second-order valence-corrected chi connectivity index (χ2v) is 9.74. The third-order valence-electron chi connectivity index (χ3n) is 6.45. The molecule has 0 spiro atoms. The van der Waals surface area contributed by atoms with E-state index in [2.05, 4.69) is 25.7 Å². The lowest BCUT2D eigenvalue weighted by atomic mass is 9.98. The molecule has 3 rings (SSSR count). The van der Waals surface area contributed by atoms with Gasteiger partial charge in [0.05, 0.1) is 18.3 Å². The Kier molecular flexibility index (Phi) is 12.3. The minimum absolute atomic E-state index is 0.0162. The highest BCUT2D eigenvalue weighted by Gasteiger charge is 2.34. The maximum absolute atomic E-state index is 13.8. The molecule has 1 aliphatic carbocycles. The van der Waals surface area contributed by atoms with Crippen molar-refractivity contribution in [2.75, 3.05) is 13.1 Å². The summed E-state index contributed by atoms with van der Waals surface area (Å²) in [7, 11) is 0. The van der Waals surface area contributed by atoms with Gasteiger partial charge in [-0.1, -0.05) is 83.9 Å². The van der Waals surface area contributed by atoms with Crippen molar-refractivity contribution in [1.82, 2.24) is 4.90 Å². The van der Waals surface area contributed by atoms with Crippen LogP contribution in [0, 0.1) is 5.92 Å². The molecule has 0 amide bonds. The SMILES string of the molecule is CC.CCCN(CCC(C)C)Cc1ccc(-c2ccc(COC3CCCC3)c(C(F)(F)F)c2)cc1. The van der Waals surface area contributed by atoms with Crippen LogP contribution < -0.4 is 0 Å². The lowest BCUT2D eigenvalue weighted by Crippen LogP contribution is -2.26. The van der Waals surface area contributed by atoms with E-state index in [1.807, 2.05) is 38.1 Å². The first-order valence-electron chi connectivity index (χ1n) is 13.4. The Morgan fingerprint density at radius 1 is 0.943 bits per heavy atom. The van der Waals surface area contributed by atoms with Gasteiger partial charge in [-0.2, -0.15) is 13.2 Å². The van der Waals surface area contributed by atoms with Gasteiger partial charge in [-0.25, -0.2) is 0 Å². The molecular weight excluding hydrogens is 447 g/mol. The molecule has 35 heavy (non-hydrogen) atoms. The zero-order valence-corrected chi connectivity index (χ0v) is 22.3. The number of benzene rings is 2. The van der Waals surface area contributed by atoms with E-state index in [9.17, 15) is 13.2 Å². The van der Waals surface area contributed by atoms with Crippen LogP contribution in [0.4, 0.5) is 13.2 Å². The van der Waals surface area contributed by atoms with Crippen molar-refractivity contribution in [3.8, 4) is 11.1 Å². The maximum atomic E-state index is 13.8. The highest BCUT2D eigenvalue weighted by molar-refractivity contribution is 5.65. The van der Waals surface area contributed by atoms with Crippen LogP contribution in [0.3, 0.4) is 0 Å². The number of halogens is 3. The molecule has 0 bridgehead atoms. The van der Waals surface area contributed by atoms with Crippen molar-refractivity contribution in [2.45, 2.75) is 98.6 Å². The Balaban J connectivity index is 0.00000210. The Morgan fingerprint density at radius 3 is 2.14 bits per heavy atom. The van der Waals surface area contributed by atoms with Gasteiger partial charge in [-0.05, 0) is 73.0 Å². The van der Waals surface area contributed by atoms with Crippen molar-refractivity contribution in [2.24, 2.45) is 5.92 Å². The fraction of sp³-hybridized carbons (Fsp3) is 0.600. The predicted octanol–water partition coefficient (Wildman–Crippen LogP) is 9.12. The zero-order chi connectivity index (χ0) is 25.8. The fourth-order valence-corrected chi connectivity index (χ4v) is 4.50. The van der Waals surface area contributed by atoms with Crippen LogP contribution in [0.1, 0.15) is 89.8 Å². The lowest BCUT2D eigenvalue weighted by molar-refractivity contribution is -0.139. The molecule has 2 nitrogen and oxygen atoms in total. The van der Waals surface area contributed by atoms with E-state index in [1.54, 1.807) is 12.1 Å². The first-order valence-corrected chi connectivity index (χ1v) is 13.4. The van der Waals surface area contributed by atoms with E-state index in [0.717, 1.165) is 63.7 Å². The predicted molar refractivity (Wildman–Crippen MR) is 140 cm³/mol. The van der Waals surface area contributed by atoms with Crippen molar-refractivity contribution < 1.29 is 17.9 Å². The van der Waals surface area contributed by atoms with Crippen LogP contribution in [0.2, 0.25) is 0 Å². The summed E-state index contributed by atoms with van der Waals surface area (Å²) < 4.78 is 47.2. The minimum atomic E-state index is -4.40. The molecule has 196 valence electrons. The smallest absolute Gasteiger partial charge is 0.374 e. The van der Waals surface area contributed by atoms with Crippen molar-refractivity contribution in [3.05, 3.63) is 59.2 Å². The summed E-state index contributed by atoms with van der Waals surface area (Å²) in [6, 6.07) is 12.6. The van der Waals surface area contributed by atoms with Crippen LogP contribution in [0.25, 0.3) is 11.1 Å². The number of nitrogens with zero attached hydrogens (tertiary/aromatic N) is 1. The molecule has 2 aromatic rings. The second kappa shape index (κ2) is 14.6. The van der Waals surface area contributed by atoms with Crippen LogP contribution in [-0.2, 0) is 24.1 Å². The molecule has 0 aliphatic heterocycles. The molecule has 0 saturated heterocycles. The highest BCUT2D eigenvalue weighted by Crippen LogP contribution is 2.36. The van der Waals surface area contributed by atoms with Gasteiger partial charge in [-0.3, -0.25) is 4.90 Å². The molecule has 0 N–H and O–H groups in total. The van der Waals surface area contributed by atoms with Crippen LogP contribution in [0.5, 0.6) is 0 Å². The standard InChI is InChI=1S/C28H38F3NO.C2H6/c1-4-16-32(17-15-21(2)3)19-22-9-11-23(12-10-22)24-13-14-25(27(18-24)28(29,30)31)20-33-26-7-5-6-8-26;1-2/h9-14,18,21,26H,4-8,15-17,19-20H2,1-3H3;1-2H3. The topological polar surface area (TPSA) is 12.5 Å². The summed E-state index contributed by atoms with van der Waals surface area (Å²) in [6.45, 7) is 13.7. The largest absolute Gasteiger partial charge is 0.416 e. The summed E-state index contributed by atoms with van der Waals surface area (Å²) in [6.07, 6.45) is 2.03. The Bertz CT molecular complexity index is 855. The first-order chi connectivity index (χ1) is 16.8. The van der Waals surface area contributed by atoms with Gasteiger partial charge in [0.1, 0.15) is 0 Å². The monoisotopic (exact) mass is 491 g/mol. The lowest BCUT2D eigenvalue weighted by Gasteiger charge is -2.23. The quantitative estimate of drug-likeness (QED) is 0.311. The van der Waals surface area contributed by atoms with Gasteiger partial charge in [0.25, 0.3) is 0 Å². The Labute approximate surface area is 210 Å². The summed E-state index contributed by atoms with van der Waals surface area (Å²) >= 11 is 0. The van der Waals surface area contributed by atoms with E-state index < -0.39 is 11.7 Å². The molecular formula is C30H44F3NO. The summed E-state index contributed by atoms with van der Waals surface area (Å²) in [5.74, 6) is 0.668. The average molecular weight is 492 g/mol. The third-order valence-corrected chi connectivity index (χ3v) is 6.45. The Hall–Kier alpha value is -1.85. The summed E-state index contributed by atoms with van der Waals surface area (Å²) in [5, 5.41) is 0. The molecule has 0 radical (unpaired) electrons. The normalized spacial score (nSPS) is 14.5. The average Bonchev–Trinajstić information content (AvgIpc) is 3.36. The van der Waals surface area contributed by atoms with E-state index in [-0.39, 0.29) is 18.3 Å². The molecule has 0 atom stereocenters. The molecule has 0 aromatic heterocycles. The molecule has 0 heterocycles. The highest BCUT2D eigenvalue weighted by atomic mass is 19.4. The van der Waals surface area contributed by atoms with Gasteiger partial charge in [0.15, 0.2) is 0 Å². The summed E-state index contributed by atoms with van der Waals surface area (Å²) in [4.78, 5) is 2.45. The summed E-state index contributed by atoms with van der Waals surface area (Å²) in [5.41, 5.74) is 2.20. The van der Waals surface area contributed by atoms with Gasteiger partial charge in [-0.15, -0.1) is 0 Å². The number of hydrogen-bond donors (Lipinski definition) is 0. The van der Waals surface area contributed by atoms with Gasteiger partial charge in [0.2, 0.25) is 0 Å². The van der Waals surface area contributed by atoms with Crippen molar-refractivity contribution in [3.63, 3.8) is 0 Å². The molecule has 1 aliphatic rings. The first kappa shape index (κ1) is 29.4. The molecule has 1 fully saturated rings.